The Labute approximate surface area is 153 Å². The number of ether oxygens (including phenoxy) is 1. The average Bonchev–Trinajstić information content (AvgIpc) is 2.67. The van der Waals surface area contributed by atoms with Crippen LogP contribution in [0.4, 0.5) is 0 Å². The van der Waals surface area contributed by atoms with Crippen molar-refractivity contribution in [3.63, 3.8) is 0 Å². The van der Waals surface area contributed by atoms with Crippen LogP contribution in [0.15, 0.2) is 24.3 Å². The van der Waals surface area contributed by atoms with E-state index in [1.54, 1.807) is 29.2 Å². The third kappa shape index (κ3) is 4.82. The van der Waals surface area contributed by atoms with Crippen molar-refractivity contribution in [1.29, 1.82) is 0 Å². The van der Waals surface area contributed by atoms with Gasteiger partial charge in [0.15, 0.2) is 0 Å². The lowest BCUT2D eigenvalue weighted by Crippen LogP contribution is -2.48. The first-order valence-electron chi connectivity index (χ1n) is 8.98. The minimum atomic E-state index is -1.07. The zero-order valence-corrected chi connectivity index (χ0v) is 15.2. The van der Waals surface area contributed by atoms with Gasteiger partial charge in [0.2, 0.25) is 0 Å². The van der Waals surface area contributed by atoms with Crippen molar-refractivity contribution in [2.45, 2.75) is 32.7 Å². The Morgan fingerprint density at radius 3 is 2.31 bits per heavy atom. The fourth-order valence-electron chi connectivity index (χ4n) is 3.09. The predicted octanol–water partition coefficient (Wildman–Crippen LogP) is 1.78. The molecule has 7 heteroatoms. The van der Waals surface area contributed by atoms with Crippen molar-refractivity contribution < 1.29 is 24.2 Å². The molecule has 2 unspecified atom stereocenters. The standard InChI is InChI=1S/C19H26N2O5/c1-3-21(4-2)18(23)14-9-7-13(8-10-14)17(22)20-16(19(24)25)15-6-5-11-26-12-15/h7-10,15-16H,3-6,11-12H2,1-2H3,(H,20,22)(H,24,25). The van der Waals surface area contributed by atoms with E-state index < -0.39 is 17.9 Å². The van der Waals surface area contributed by atoms with Crippen LogP contribution in [-0.2, 0) is 9.53 Å². The second-order valence-electron chi connectivity index (χ2n) is 6.32. The van der Waals surface area contributed by atoms with E-state index in [0.29, 0.717) is 43.9 Å². The minimum Gasteiger partial charge on any atom is -0.480 e. The number of carboxylic acids is 1. The summed E-state index contributed by atoms with van der Waals surface area (Å²) in [6.45, 7) is 5.99. The topological polar surface area (TPSA) is 95.9 Å². The number of hydrogen-bond acceptors (Lipinski definition) is 4. The molecule has 0 aliphatic carbocycles. The molecular weight excluding hydrogens is 336 g/mol. The summed E-state index contributed by atoms with van der Waals surface area (Å²) in [5.41, 5.74) is 0.824. The van der Waals surface area contributed by atoms with Crippen LogP contribution in [0, 0.1) is 5.92 Å². The normalized spacial score (nSPS) is 18.0. The van der Waals surface area contributed by atoms with Gasteiger partial charge in [-0.1, -0.05) is 0 Å². The Morgan fingerprint density at radius 1 is 1.19 bits per heavy atom. The summed E-state index contributed by atoms with van der Waals surface area (Å²) in [4.78, 5) is 37.9. The van der Waals surface area contributed by atoms with Crippen molar-refractivity contribution >= 4 is 17.8 Å². The largest absolute Gasteiger partial charge is 0.480 e. The number of carbonyl (C=O) groups excluding carboxylic acids is 2. The van der Waals surface area contributed by atoms with E-state index in [9.17, 15) is 19.5 Å². The molecule has 2 amide bonds. The maximum absolute atomic E-state index is 12.4. The summed E-state index contributed by atoms with van der Waals surface area (Å²) in [7, 11) is 0. The number of aliphatic carboxylic acids is 1. The third-order valence-corrected chi connectivity index (χ3v) is 4.66. The molecule has 142 valence electrons. The van der Waals surface area contributed by atoms with Crippen molar-refractivity contribution in [3.8, 4) is 0 Å². The van der Waals surface area contributed by atoms with E-state index in [1.165, 1.54) is 0 Å². The highest BCUT2D eigenvalue weighted by Gasteiger charge is 2.31. The zero-order chi connectivity index (χ0) is 19.1. The van der Waals surface area contributed by atoms with E-state index in [0.717, 1.165) is 6.42 Å². The van der Waals surface area contributed by atoms with Crippen molar-refractivity contribution in [3.05, 3.63) is 35.4 Å². The molecule has 1 aromatic carbocycles. The Kier molecular flexibility index (Phi) is 7.15. The number of nitrogens with one attached hydrogen (secondary N) is 1. The first kappa shape index (κ1) is 19.9. The molecule has 1 aliphatic rings. The third-order valence-electron chi connectivity index (χ3n) is 4.66. The molecule has 26 heavy (non-hydrogen) atoms. The van der Waals surface area contributed by atoms with Crippen LogP contribution < -0.4 is 5.32 Å². The number of benzene rings is 1. The smallest absolute Gasteiger partial charge is 0.326 e. The van der Waals surface area contributed by atoms with E-state index >= 15 is 0 Å². The first-order chi connectivity index (χ1) is 12.5. The van der Waals surface area contributed by atoms with E-state index in [-0.39, 0.29) is 11.8 Å². The Morgan fingerprint density at radius 2 is 1.81 bits per heavy atom. The molecule has 2 N–H and O–H groups in total. The SMILES string of the molecule is CCN(CC)C(=O)c1ccc(C(=O)NC(C(=O)O)C2CCCOC2)cc1. The Balaban J connectivity index is 2.06. The van der Waals surface area contributed by atoms with Crippen molar-refractivity contribution in [2.24, 2.45) is 5.92 Å². The second-order valence-corrected chi connectivity index (χ2v) is 6.32. The molecular formula is C19H26N2O5. The number of amides is 2. The minimum absolute atomic E-state index is 0.0928. The summed E-state index contributed by atoms with van der Waals surface area (Å²) >= 11 is 0. The quantitative estimate of drug-likeness (QED) is 0.771. The maximum atomic E-state index is 12.4. The number of carboxylic acid groups (broad SMARTS) is 1. The van der Waals surface area contributed by atoms with Crippen LogP contribution in [0.3, 0.4) is 0 Å². The highest BCUT2D eigenvalue weighted by atomic mass is 16.5. The molecule has 1 heterocycles. The molecule has 0 bridgehead atoms. The molecule has 0 aromatic heterocycles. The predicted molar refractivity (Wildman–Crippen MR) is 96.1 cm³/mol. The van der Waals surface area contributed by atoms with E-state index in [2.05, 4.69) is 5.32 Å². The summed E-state index contributed by atoms with van der Waals surface area (Å²) in [6, 6.07) is 5.29. The Bertz CT molecular complexity index is 634. The lowest BCUT2D eigenvalue weighted by Gasteiger charge is -2.28. The fourth-order valence-corrected chi connectivity index (χ4v) is 3.09. The average molecular weight is 362 g/mol. The van der Waals surface area contributed by atoms with Gasteiger partial charge in [0, 0.05) is 36.7 Å². The molecule has 2 atom stereocenters. The zero-order valence-electron chi connectivity index (χ0n) is 15.2. The summed E-state index contributed by atoms with van der Waals surface area (Å²) in [5, 5.41) is 12.0. The molecule has 1 fully saturated rings. The monoisotopic (exact) mass is 362 g/mol. The summed E-state index contributed by atoms with van der Waals surface area (Å²) in [5.74, 6) is -1.87. The van der Waals surface area contributed by atoms with Gasteiger partial charge < -0.3 is 20.1 Å². The van der Waals surface area contributed by atoms with Gasteiger partial charge in [-0.3, -0.25) is 9.59 Å². The molecule has 7 nitrogen and oxygen atoms in total. The van der Waals surface area contributed by atoms with E-state index in [1.807, 2.05) is 13.8 Å². The highest BCUT2D eigenvalue weighted by Crippen LogP contribution is 2.18. The molecule has 0 radical (unpaired) electrons. The maximum Gasteiger partial charge on any atom is 0.326 e. The molecule has 1 saturated heterocycles. The van der Waals surface area contributed by atoms with Gasteiger partial charge in [0.25, 0.3) is 11.8 Å². The van der Waals surface area contributed by atoms with Crippen LogP contribution in [0.2, 0.25) is 0 Å². The van der Waals surface area contributed by atoms with Gasteiger partial charge in [0.1, 0.15) is 6.04 Å². The van der Waals surface area contributed by atoms with E-state index in [4.69, 9.17) is 4.74 Å². The van der Waals surface area contributed by atoms with Crippen molar-refractivity contribution in [1.82, 2.24) is 10.2 Å². The lowest BCUT2D eigenvalue weighted by atomic mass is 9.93. The Hall–Kier alpha value is -2.41. The molecule has 1 aliphatic heterocycles. The number of rotatable bonds is 7. The number of nitrogens with zero attached hydrogens (tertiary/aromatic N) is 1. The molecule has 0 spiro atoms. The van der Waals surface area contributed by atoms with Crippen LogP contribution in [-0.4, -0.2) is 60.1 Å². The highest BCUT2D eigenvalue weighted by molar-refractivity contribution is 5.99. The van der Waals surface area contributed by atoms with Gasteiger partial charge in [-0.15, -0.1) is 0 Å². The van der Waals surface area contributed by atoms with Crippen LogP contribution in [0.25, 0.3) is 0 Å². The van der Waals surface area contributed by atoms with Gasteiger partial charge in [-0.25, -0.2) is 4.79 Å². The van der Waals surface area contributed by atoms with Crippen molar-refractivity contribution in [2.75, 3.05) is 26.3 Å². The number of carbonyl (C=O) groups is 3. The summed E-state index contributed by atoms with van der Waals surface area (Å²) < 4.78 is 5.33. The van der Waals surface area contributed by atoms with Gasteiger partial charge >= 0.3 is 5.97 Å². The fraction of sp³-hybridized carbons (Fsp3) is 0.526. The first-order valence-corrected chi connectivity index (χ1v) is 8.98. The van der Waals surface area contributed by atoms with Crippen LogP contribution in [0.1, 0.15) is 47.4 Å². The van der Waals surface area contributed by atoms with Gasteiger partial charge in [-0.05, 0) is 51.0 Å². The second kappa shape index (κ2) is 9.33. The molecule has 2 rings (SSSR count). The summed E-state index contributed by atoms with van der Waals surface area (Å²) in [6.07, 6.45) is 1.49. The lowest BCUT2D eigenvalue weighted by molar-refractivity contribution is -0.142. The van der Waals surface area contributed by atoms with Crippen LogP contribution >= 0.6 is 0 Å². The van der Waals surface area contributed by atoms with Gasteiger partial charge in [-0.2, -0.15) is 0 Å². The molecule has 1 aromatic rings. The number of hydrogen-bond donors (Lipinski definition) is 2. The molecule has 0 saturated carbocycles. The van der Waals surface area contributed by atoms with Gasteiger partial charge in [0.05, 0.1) is 6.61 Å². The van der Waals surface area contributed by atoms with Crippen LogP contribution in [0.5, 0.6) is 0 Å².